The highest BCUT2D eigenvalue weighted by Gasteiger charge is 2.12. The minimum atomic E-state index is 0.582. The van der Waals surface area contributed by atoms with Gasteiger partial charge in [-0.25, -0.2) is 4.98 Å². The number of aromatic nitrogens is 1. The van der Waals surface area contributed by atoms with E-state index in [4.69, 9.17) is 9.15 Å². The van der Waals surface area contributed by atoms with Crippen molar-refractivity contribution in [3.63, 3.8) is 0 Å². The van der Waals surface area contributed by atoms with Crippen LogP contribution in [0.25, 0.3) is 11.1 Å². The number of halogens is 1. The fourth-order valence-corrected chi connectivity index (χ4v) is 1.58. The van der Waals surface area contributed by atoms with Gasteiger partial charge in [-0.2, -0.15) is 0 Å². The second-order valence-corrected chi connectivity index (χ2v) is 2.98. The summed E-state index contributed by atoms with van der Waals surface area (Å²) >= 11 is 3.24. The Kier molecular flexibility index (Phi) is 1.77. The first-order chi connectivity index (χ1) is 5.83. The van der Waals surface area contributed by atoms with Crippen LogP contribution in [0.3, 0.4) is 0 Å². The molecule has 0 spiro atoms. The van der Waals surface area contributed by atoms with Crippen LogP contribution in [0.5, 0.6) is 5.75 Å². The van der Waals surface area contributed by atoms with Crippen LogP contribution in [0.15, 0.2) is 27.4 Å². The molecule has 0 amide bonds. The molecule has 2 heterocycles. The SMILES string of the molecule is COc1c(Br)oc2cccnc12. The molecule has 0 radical (unpaired) electrons. The highest BCUT2D eigenvalue weighted by molar-refractivity contribution is 9.10. The van der Waals surface area contributed by atoms with Gasteiger partial charge in [-0.15, -0.1) is 0 Å². The molecule has 0 aliphatic carbocycles. The van der Waals surface area contributed by atoms with E-state index in [1.165, 1.54) is 0 Å². The van der Waals surface area contributed by atoms with Gasteiger partial charge in [-0.05, 0) is 28.1 Å². The standard InChI is InChI=1S/C8H6BrNO2/c1-11-7-6-5(12-8(7)9)3-2-4-10-6/h2-4H,1H3. The number of hydrogen-bond donors (Lipinski definition) is 0. The van der Waals surface area contributed by atoms with Gasteiger partial charge >= 0.3 is 0 Å². The number of pyridine rings is 1. The van der Waals surface area contributed by atoms with Gasteiger partial charge in [0.25, 0.3) is 0 Å². The molecule has 0 unspecified atom stereocenters. The van der Waals surface area contributed by atoms with E-state index in [0.29, 0.717) is 10.4 Å². The van der Waals surface area contributed by atoms with Crippen LogP contribution in [0, 0.1) is 0 Å². The molecule has 2 rings (SSSR count). The molecule has 62 valence electrons. The average molecular weight is 228 g/mol. The lowest BCUT2D eigenvalue weighted by atomic mass is 10.4. The van der Waals surface area contributed by atoms with Gasteiger partial charge in [-0.1, -0.05) is 0 Å². The maximum atomic E-state index is 5.32. The average Bonchev–Trinajstić information content (AvgIpc) is 2.40. The van der Waals surface area contributed by atoms with Crippen molar-refractivity contribution in [3.8, 4) is 5.75 Å². The highest BCUT2D eigenvalue weighted by Crippen LogP contribution is 2.34. The lowest BCUT2D eigenvalue weighted by molar-refractivity contribution is 0.403. The quantitative estimate of drug-likeness (QED) is 0.752. The minimum Gasteiger partial charge on any atom is -0.490 e. The summed E-state index contributed by atoms with van der Waals surface area (Å²) in [6.07, 6.45) is 1.70. The Balaban J connectivity index is 2.81. The molecule has 0 N–H and O–H groups in total. The number of nitrogens with zero attached hydrogens (tertiary/aromatic N) is 1. The lowest BCUT2D eigenvalue weighted by Crippen LogP contribution is -1.81. The first kappa shape index (κ1) is 7.61. The van der Waals surface area contributed by atoms with Crippen LogP contribution in [0.2, 0.25) is 0 Å². The molecule has 0 bridgehead atoms. The van der Waals surface area contributed by atoms with Gasteiger partial charge in [0.1, 0.15) is 0 Å². The normalized spacial score (nSPS) is 10.5. The van der Waals surface area contributed by atoms with E-state index < -0.39 is 0 Å². The van der Waals surface area contributed by atoms with Crippen LogP contribution in [0.1, 0.15) is 0 Å². The Labute approximate surface area is 77.5 Å². The van der Waals surface area contributed by atoms with Crippen molar-refractivity contribution < 1.29 is 9.15 Å². The lowest BCUT2D eigenvalue weighted by Gasteiger charge is -1.92. The molecule has 2 aromatic rings. The predicted octanol–water partition coefficient (Wildman–Crippen LogP) is 2.60. The van der Waals surface area contributed by atoms with E-state index in [1.54, 1.807) is 13.3 Å². The van der Waals surface area contributed by atoms with Gasteiger partial charge in [-0.3, -0.25) is 0 Å². The molecule has 0 saturated carbocycles. The van der Waals surface area contributed by atoms with Crippen molar-refractivity contribution >= 4 is 27.0 Å². The molecule has 0 aliphatic rings. The number of furan rings is 1. The van der Waals surface area contributed by atoms with Crippen molar-refractivity contribution in [1.29, 1.82) is 0 Å². The number of methoxy groups -OCH3 is 1. The van der Waals surface area contributed by atoms with E-state index in [-0.39, 0.29) is 0 Å². The molecule has 2 aromatic heterocycles. The maximum Gasteiger partial charge on any atom is 0.214 e. The van der Waals surface area contributed by atoms with Crippen LogP contribution >= 0.6 is 15.9 Å². The zero-order valence-corrected chi connectivity index (χ0v) is 7.96. The summed E-state index contributed by atoms with van der Waals surface area (Å²) in [5, 5.41) is 0. The molecule has 3 nitrogen and oxygen atoms in total. The Morgan fingerprint density at radius 1 is 1.58 bits per heavy atom. The van der Waals surface area contributed by atoms with Crippen LogP contribution in [-0.4, -0.2) is 12.1 Å². The summed E-state index contributed by atoms with van der Waals surface area (Å²) in [7, 11) is 1.59. The Bertz CT molecular complexity index is 410. The van der Waals surface area contributed by atoms with E-state index >= 15 is 0 Å². The monoisotopic (exact) mass is 227 g/mol. The van der Waals surface area contributed by atoms with Crippen LogP contribution in [-0.2, 0) is 0 Å². The largest absolute Gasteiger partial charge is 0.490 e. The van der Waals surface area contributed by atoms with Crippen molar-refractivity contribution in [2.75, 3.05) is 7.11 Å². The second kappa shape index (κ2) is 2.79. The van der Waals surface area contributed by atoms with Gasteiger partial charge in [0, 0.05) is 6.20 Å². The fourth-order valence-electron chi connectivity index (χ4n) is 1.06. The maximum absolute atomic E-state index is 5.32. The van der Waals surface area contributed by atoms with E-state index in [9.17, 15) is 0 Å². The second-order valence-electron chi connectivity index (χ2n) is 2.26. The third-order valence-electron chi connectivity index (χ3n) is 1.57. The fraction of sp³-hybridized carbons (Fsp3) is 0.125. The summed E-state index contributed by atoms with van der Waals surface area (Å²) in [4.78, 5) is 4.12. The Morgan fingerprint density at radius 2 is 2.42 bits per heavy atom. The van der Waals surface area contributed by atoms with Crippen molar-refractivity contribution in [2.24, 2.45) is 0 Å². The van der Waals surface area contributed by atoms with Crippen molar-refractivity contribution in [3.05, 3.63) is 23.0 Å². The van der Waals surface area contributed by atoms with Gasteiger partial charge in [0.15, 0.2) is 16.8 Å². The number of hydrogen-bond acceptors (Lipinski definition) is 3. The highest BCUT2D eigenvalue weighted by atomic mass is 79.9. The molecular formula is C8H6BrNO2. The van der Waals surface area contributed by atoms with Gasteiger partial charge < -0.3 is 9.15 Å². The summed E-state index contributed by atoms with van der Waals surface area (Å²) in [6.45, 7) is 0. The summed E-state index contributed by atoms with van der Waals surface area (Å²) in [5.74, 6) is 0.644. The number of ether oxygens (including phenoxy) is 1. The molecule has 0 atom stereocenters. The molecular weight excluding hydrogens is 222 g/mol. The number of fused-ring (bicyclic) bond motifs is 1. The molecule has 0 aromatic carbocycles. The van der Waals surface area contributed by atoms with Crippen LogP contribution < -0.4 is 4.74 Å². The molecule has 0 fully saturated rings. The summed E-state index contributed by atoms with van der Waals surface area (Å²) in [6, 6.07) is 3.66. The van der Waals surface area contributed by atoms with Gasteiger partial charge in [0.2, 0.25) is 4.67 Å². The first-order valence-electron chi connectivity index (χ1n) is 3.40. The zero-order chi connectivity index (χ0) is 8.55. The topological polar surface area (TPSA) is 35.3 Å². The first-order valence-corrected chi connectivity index (χ1v) is 4.19. The third kappa shape index (κ3) is 0.992. The van der Waals surface area contributed by atoms with Crippen LogP contribution in [0.4, 0.5) is 0 Å². The molecule has 4 heteroatoms. The van der Waals surface area contributed by atoms with Crippen molar-refractivity contribution in [2.45, 2.75) is 0 Å². The molecule has 0 aliphatic heterocycles. The summed E-state index contributed by atoms with van der Waals surface area (Å²) in [5.41, 5.74) is 1.47. The number of rotatable bonds is 1. The van der Waals surface area contributed by atoms with Crippen molar-refractivity contribution in [1.82, 2.24) is 4.98 Å². The molecule has 12 heavy (non-hydrogen) atoms. The zero-order valence-electron chi connectivity index (χ0n) is 6.37. The summed E-state index contributed by atoms with van der Waals surface area (Å²) < 4.78 is 11.0. The van der Waals surface area contributed by atoms with E-state index in [1.807, 2.05) is 12.1 Å². The Morgan fingerprint density at radius 3 is 3.17 bits per heavy atom. The smallest absolute Gasteiger partial charge is 0.214 e. The van der Waals surface area contributed by atoms with E-state index in [0.717, 1.165) is 11.1 Å². The minimum absolute atomic E-state index is 0.582. The Hall–Kier alpha value is -1.03. The van der Waals surface area contributed by atoms with Gasteiger partial charge in [0.05, 0.1) is 7.11 Å². The third-order valence-corrected chi connectivity index (χ3v) is 2.09. The predicted molar refractivity (Wildman–Crippen MR) is 48.3 cm³/mol. The molecule has 0 saturated heterocycles. The van der Waals surface area contributed by atoms with E-state index in [2.05, 4.69) is 20.9 Å².